The zero-order valence-electron chi connectivity index (χ0n) is 8.26. The van der Waals surface area contributed by atoms with Gasteiger partial charge in [0.25, 0.3) is 0 Å². The minimum Gasteiger partial charge on any atom is -0.271 e. The van der Waals surface area contributed by atoms with Crippen LogP contribution in [-0.4, -0.2) is 6.04 Å². The van der Waals surface area contributed by atoms with Crippen LogP contribution in [0.3, 0.4) is 0 Å². The highest BCUT2D eigenvalue weighted by Crippen LogP contribution is 2.18. The van der Waals surface area contributed by atoms with E-state index in [2.05, 4.69) is 34.0 Å². The summed E-state index contributed by atoms with van der Waals surface area (Å²) in [5.41, 5.74) is 5.04. The maximum absolute atomic E-state index is 5.45. The van der Waals surface area contributed by atoms with Crippen LogP contribution in [0.5, 0.6) is 0 Å². The van der Waals surface area contributed by atoms with Gasteiger partial charge in [-0.25, -0.2) is 0 Å². The summed E-state index contributed by atoms with van der Waals surface area (Å²) in [6.45, 7) is 5.87. The predicted octanol–water partition coefficient (Wildman–Crippen LogP) is 2.40. The van der Waals surface area contributed by atoms with E-state index in [0.717, 1.165) is 16.5 Å². The van der Waals surface area contributed by atoms with Gasteiger partial charge >= 0.3 is 0 Å². The Morgan fingerprint density at radius 1 is 1.57 bits per heavy atom. The van der Waals surface area contributed by atoms with E-state index in [-0.39, 0.29) is 6.04 Å². The Morgan fingerprint density at radius 2 is 2.21 bits per heavy atom. The van der Waals surface area contributed by atoms with Crippen LogP contribution >= 0.6 is 15.9 Å². The third kappa shape index (κ3) is 2.94. The first-order chi connectivity index (χ1) is 6.65. The number of nitrogens with one attached hydrogen (secondary N) is 1. The molecule has 3 N–H and O–H groups in total. The molecule has 0 aliphatic rings. The van der Waals surface area contributed by atoms with Gasteiger partial charge in [0.1, 0.15) is 0 Å². The van der Waals surface area contributed by atoms with E-state index < -0.39 is 0 Å². The number of hydrogen-bond donors (Lipinski definition) is 2. The van der Waals surface area contributed by atoms with Gasteiger partial charge in [-0.05, 0) is 25.0 Å². The lowest BCUT2D eigenvalue weighted by Gasteiger charge is -2.16. The SMILES string of the molecule is C=C(C)C(Cc1ccccc1Br)NN. The molecular formula is C11H15BrN2. The normalized spacial score (nSPS) is 12.5. The first-order valence-electron chi connectivity index (χ1n) is 4.50. The standard InChI is InChI=1S/C11H15BrN2/c1-8(2)11(14-13)7-9-5-3-4-6-10(9)12/h3-6,11,14H,1,7,13H2,2H3. The van der Waals surface area contributed by atoms with Gasteiger partial charge in [-0.15, -0.1) is 0 Å². The molecule has 0 aromatic heterocycles. The monoisotopic (exact) mass is 254 g/mol. The van der Waals surface area contributed by atoms with Crippen LogP contribution in [0.1, 0.15) is 12.5 Å². The summed E-state index contributed by atoms with van der Waals surface area (Å²) in [5, 5.41) is 0. The minimum absolute atomic E-state index is 0.133. The molecule has 0 radical (unpaired) electrons. The highest BCUT2D eigenvalue weighted by molar-refractivity contribution is 9.10. The maximum atomic E-state index is 5.45. The Morgan fingerprint density at radius 3 is 2.71 bits per heavy atom. The highest BCUT2D eigenvalue weighted by Gasteiger charge is 2.09. The fourth-order valence-corrected chi connectivity index (χ4v) is 1.71. The van der Waals surface area contributed by atoms with Crippen LogP contribution in [0.25, 0.3) is 0 Å². The van der Waals surface area contributed by atoms with Crippen molar-refractivity contribution in [1.29, 1.82) is 0 Å². The van der Waals surface area contributed by atoms with Crippen LogP contribution in [-0.2, 0) is 6.42 Å². The summed E-state index contributed by atoms with van der Waals surface area (Å²) >= 11 is 3.50. The Kier molecular flexibility index (Phi) is 4.32. The molecule has 0 aliphatic heterocycles. The predicted molar refractivity (Wildman–Crippen MR) is 63.8 cm³/mol. The van der Waals surface area contributed by atoms with Gasteiger partial charge in [0, 0.05) is 10.5 Å². The zero-order valence-corrected chi connectivity index (χ0v) is 9.84. The molecular weight excluding hydrogens is 240 g/mol. The van der Waals surface area contributed by atoms with Crippen LogP contribution in [0.4, 0.5) is 0 Å². The molecule has 0 spiro atoms. The summed E-state index contributed by atoms with van der Waals surface area (Å²) in [6, 6.07) is 8.26. The van der Waals surface area contributed by atoms with Crippen molar-refractivity contribution in [2.45, 2.75) is 19.4 Å². The molecule has 0 saturated heterocycles. The smallest absolute Gasteiger partial charge is 0.0455 e. The average molecular weight is 255 g/mol. The molecule has 0 bridgehead atoms. The summed E-state index contributed by atoms with van der Waals surface area (Å²) in [5.74, 6) is 5.45. The fourth-order valence-electron chi connectivity index (χ4n) is 1.26. The number of halogens is 1. The van der Waals surface area contributed by atoms with Gasteiger partial charge < -0.3 is 0 Å². The highest BCUT2D eigenvalue weighted by atomic mass is 79.9. The Labute approximate surface area is 93.3 Å². The molecule has 2 nitrogen and oxygen atoms in total. The molecule has 1 aromatic carbocycles. The maximum Gasteiger partial charge on any atom is 0.0455 e. The number of rotatable bonds is 4. The minimum atomic E-state index is 0.133. The van der Waals surface area contributed by atoms with Gasteiger partial charge in [0.15, 0.2) is 0 Å². The van der Waals surface area contributed by atoms with E-state index in [4.69, 9.17) is 5.84 Å². The van der Waals surface area contributed by atoms with Gasteiger partial charge in [-0.1, -0.05) is 46.3 Å². The van der Waals surface area contributed by atoms with E-state index in [1.807, 2.05) is 25.1 Å². The molecule has 1 aromatic rings. The van der Waals surface area contributed by atoms with E-state index in [9.17, 15) is 0 Å². The van der Waals surface area contributed by atoms with Crippen molar-refractivity contribution in [3.05, 3.63) is 46.5 Å². The largest absolute Gasteiger partial charge is 0.271 e. The summed E-state index contributed by atoms with van der Waals surface area (Å²) < 4.78 is 1.11. The second-order valence-corrected chi connectivity index (χ2v) is 4.22. The molecule has 0 aliphatic carbocycles. The molecule has 76 valence electrons. The number of hydrogen-bond acceptors (Lipinski definition) is 2. The average Bonchev–Trinajstić information content (AvgIpc) is 2.16. The number of nitrogens with two attached hydrogens (primary N) is 1. The van der Waals surface area contributed by atoms with Crippen molar-refractivity contribution in [2.24, 2.45) is 5.84 Å². The second-order valence-electron chi connectivity index (χ2n) is 3.36. The lowest BCUT2D eigenvalue weighted by molar-refractivity contribution is 0.590. The van der Waals surface area contributed by atoms with E-state index in [1.165, 1.54) is 5.56 Å². The van der Waals surface area contributed by atoms with Crippen LogP contribution < -0.4 is 11.3 Å². The van der Waals surface area contributed by atoms with E-state index in [1.54, 1.807) is 0 Å². The van der Waals surface area contributed by atoms with E-state index in [0.29, 0.717) is 0 Å². The molecule has 0 saturated carbocycles. The van der Waals surface area contributed by atoms with Gasteiger partial charge in [0.2, 0.25) is 0 Å². The molecule has 3 heteroatoms. The quantitative estimate of drug-likeness (QED) is 0.492. The summed E-state index contributed by atoms with van der Waals surface area (Å²) in [6.07, 6.45) is 0.854. The molecule has 14 heavy (non-hydrogen) atoms. The van der Waals surface area contributed by atoms with Crippen LogP contribution in [0.2, 0.25) is 0 Å². The molecule has 0 heterocycles. The fraction of sp³-hybridized carbons (Fsp3) is 0.273. The van der Waals surface area contributed by atoms with Crippen molar-refractivity contribution >= 4 is 15.9 Å². The van der Waals surface area contributed by atoms with Crippen LogP contribution in [0.15, 0.2) is 40.9 Å². The molecule has 1 rings (SSSR count). The van der Waals surface area contributed by atoms with Crippen molar-refractivity contribution in [2.75, 3.05) is 0 Å². The van der Waals surface area contributed by atoms with E-state index >= 15 is 0 Å². The molecule has 1 atom stereocenters. The summed E-state index contributed by atoms with van der Waals surface area (Å²) in [4.78, 5) is 0. The third-order valence-electron chi connectivity index (χ3n) is 2.18. The Balaban J connectivity index is 2.77. The molecule has 0 amide bonds. The first-order valence-corrected chi connectivity index (χ1v) is 5.29. The lowest BCUT2D eigenvalue weighted by atomic mass is 10.0. The Hall–Kier alpha value is -0.640. The summed E-state index contributed by atoms with van der Waals surface area (Å²) in [7, 11) is 0. The topological polar surface area (TPSA) is 38.0 Å². The van der Waals surface area contributed by atoms with Gasteiger partial charge in [-0.2, -0.15) is 0 Å². The zero-order chi connectivity index (χ0) is 10.6. The van der Waals surface area contributed by atoms with Crippen molar-refractivity contribution in [3.8, 4) is 0 Å². The lowest BCUT2D eigenvalue weighted by Crippen LogP contribution is -2.37. The first kappa shape index (κ1) is 11.4. The number of hydrazine groups is 1. The van der Waals surface area contributed by atoms with Crippen molar-refractivity contribution in [1.82, 2.24) is 5.43 Å². The third-order valence-corrected chi connectivity index (χ3v) is 2.95. The molecule has 1 unspecified atom stereocenters. The van der Waals surface area contributed by atoms with Crippen molar-refractivity contribution < 1.29 is 0 Å². The van der Waals surface area contributed by atoms with Crippen molar-refractivity contribution in [3.63, 3.8) is 0 Å². The number of benzene rings is 1. The second kappa shape index (κ2) is 5.29. The molecule has 0 fully saturated rings. The van der Waals surface area contributed by atoms with Gasteiger partial charge in [0.05, 0.1) is 0 Å². The van der Waals surface area contributed by atoms with Gasteiger partial charge in [-0.3, -0.25) is 11.3 Å². The Bertz CT molecular complexity index is 323. The van der Waals surface area contributed by atoms with Crippen LogP contribution in [0, 0.1) is 0 Å².